The molecule has 1 aromatic rings. The van der Waals surface area contributed by atoms with Crippen molar-refractivity contribution in [2.45, 2.75) is 20.0 Å². The van der Waals surface area contributed by atoms with Crippen LogP contribution in [0, 0.1) is 6.92 Å². The van der Waals surface area contributed by atoms with Gasteiger partial charge in [0.2, 0.25) is 0 Å². The van der Waals surface area contributed by atoms with E-state index in [1.807, 2.05) is 0 Å². The van der Waals surface area contributed by atoms with Crippen molar-refractivity contribution in [3.8, 4) is 0 Å². The lowest BCUT2D eigenvalue weighted by molar-refractivity contribution is -0.138. The van der Waals surface area contributed by atoms with Crippen LogP contribution < -0.4 is 0 Å². The van der Waals surface area contributed by atoms with Crippen molar-refractivity contribution in [1.29, 1.82) is 0 Å². The van der Waals surface area contributed by atoms with E-state index >= 15 is 0 Å². The summed E-state index contributed by atoms with van der Waals surface area (Å²) in [6, 6.07) is 0. The van der Waals surface area contributed by atoms with Crippen molar-refractivity contribution >= 4 is 5.97 Å². The average molecular weight is 236 g/mol. The summed E-state index contributed by atoms with van der Waals surface area (Å²) in [5.41, 5.74) is -1.83. The highest BCUT2D eigenvalue weighted by Gasteiger charge is 2.40. The normalized spacial score (nSPS) is 11.6. The second-order valence-corrected chi connectivity index (χ2v) is 3.15. The van der Waals surface area contributed by atoms with Gasteiger partial charge < -0.3 is 4.74 Å². The van der Waals surface area contributed by atoms with Gasteiger partial charge in [-0.2, -0.15) is 18.3 Å². The maximum atomic E-state index is 12.7. The summed E-state index contributed by atoms with van der Waals surface area (Å²) in [7, 11) is 1.34. The van der Waals surface area contributed by atoms with E-state index in [1.165, 1.54) is 20.9 Å². The van der Waals surface area contributed by atoms with Gasteiger partial charge in [-0.3, -0.25) is 4.68 Å². The Bertz CT molecular complexity index is 410. The smallest absolute Gasteiger partial charge is 0.420 e. The first-order chi connectivity index (χ1) is 7.29. The zero-order chi connectivity index (χ0) is 12.5. The Kier molecular flexibility index (Phi) is 3.25. The van der Waals surface area contributed by atoms with Crippen LogP contribution in [0.4, 0.5) is 13.2 Å². The zero-order valence-corrected chi connectivity index (χ0v) is 9.05. The number of carbonyl (C=O) groups is 1. The monoisotopic (exact) mass is 236 g/mol. The molecular weight excluding hydrogens is 225 g/mol. The fourth-order valence-corrected chi connectivity index (χ4v) is 1.29. The second-order valence-electron chi connectivity index (χ2n) is 3.15. The van der Waals surface area contributed by atoms with Crippen LogP contribution in [0.5, 0.6) is 0 Å². The largest absolute Gasteiger partial charge is 0.461 e. The van der Waals surface area contributed by atoms with E-state index < -0.39 is 23.4 Å². The molecule has 0 aromatic carbocycles. The molecule has 1 rings (SSSR count). The molecule has 0 saturated carbocycles. The Morgan fingerprint density at radius 1 is 1.50 bits per heavy atom. The topological polar surface area (TPSA) is 44.1 Å². The van der Waals surface area contributed by atoms with Gasteiger partial charge in [0.15, 0.2) is 5.69 Å². The lowest BCUT2D eigenvalue weighted by atomic mass is 10.2. The van der Waals surface area contributed by atoms with Gasteiger partial charge >= 0.3 is 12.1 Å². The van der Waals surface area contributed by atoms with Gasteiger partial charge in [-0.25, -0.2) is 4.79 Å². The standard InChI is InChI=1S/C9H11F3N2O2/c1-4-16-8(15)7-6(9(10,11)12)5(2)14(3)13-7/h4H2,1-3H3. The zero-order valence-electron chi connectivity index (χ0n) is 9.05. The molecule has 4 nitrogen and oxygen atoms in total. The number of aryl methyl sites for hydroxylation is 1. The maximum absolute atomic E-state index is 12.7. The molecule has 0 amide bonds. The predicted molar refractivity (Wildman–Crippen MR) is 48.9 cm³/mol. The van der Waals surface area contributed by atoms with Gasteiger partial charge in [0.25, 0.3) is 0 Å². The first kappa shape index (κ1) is 12.5. The summed E-state index contributed by atoms with van der Waals surface area (Å²) in [6.45, 7) is 2.77. The van der Waals surface area contributed by atoms with Crippen molar-refractivity contribution in [2.75, 3.05) is 6.61 Å². The number of hydrogen-bond acceptors (Lipinski definition) is 3. The minimum Gasteiger partial charge on any atom is -0.461 e. The first-order valence-electron chi connectivity index (χ1n) is 4.57. The molecule has 0 aliphatic carbocycles. The van der Waals surface area contributed by atoms with Crippen LogP contribution in [-0.2, 0) is 18.0 Å². The molecule has 0 bridgehead atoms. The SMILES string of the molecule is CCOC(=O)c1nn(C)c(C)c1C(F)(F)F. The molecule has 0 aliphatic heterocycles. The number of esters is 1. The third kappa shape index (κ3) is 2.17. The number of alkyl halides is 3. The van der Waals surface area contributed by atoms with E-state index in [4.69, 9.17) is 0 Å². The van der Waals surface area contributed by atoms with Crippen LogP contribution >= 0.6 is 0 Å². The summed E-state index contributed by atoms with van der Waals surface area (Å²) in [5, 5.41) is 3.52. The fourth-order valence-electron chi connectivity index (χ4n) is 1.29. The van der Waals surface area contributed by atoms with E-state index in [2.05, 4.69) is 9.84 Å². The number of halogens is 3. The molecule has 0 radical (unpaired) electrons. The first-order valence-corrected chi connectivity index (χ1v) is 4.57. The van der Waals surface area contributed by atoms with Crippen molar-refractivity contribution in [1.82, 2.24) is 9.78 Å². The quantitative estimate of drug-likeness (QED) is 0.737. The Labute approximate surface area is 90.0 Å². The summed E-state index contributed by atoms with van der Waals surface area (Å²) >= 11 is 0. The summed E-state index contributed by atoms with van der Waals surface area (Å²) in [5.74, 6) is -1.06. The van der Waals surface area contributed by atoms with Crippen LogP contribution in [-0.4, -0.2) is 22.4 Å². The van der Waals surface area contributed by atoms with Crippen LogP contribution in [0.1, 0.15) is 28.7 Å². The highest BCUT2D eigenvalue weighted by molar-refractivity contribution is 5.89. The third-order valence-electron chi connectivity index (χ3n) is 2.09. The van der Waals surface area contributed by atoms with Gasteiger partial charge in [0, 0.05) is 12.7 Å². The highest BCUT2D eigenvalue weighted by Crippen LogP contribution is 2.34. The van der Waals surface area contributed by atoms with Gasteiger partial charge in [-0.15, -0.1) is 0 Å². The lowest BCUT2D eigenvalue weighted by Crippen LogP contribution is -2.14. The lowest BCUT2D eigenvalue weighted by Gasteiger charge is -2.07. The van der Waals surface area contributed by atoms with Crippen LogP contribution in [0.2, 0.25) is 0 Å². The summed E-state index contributed by atoms with van der Waals surface area (Å²) in [4.78, 5) is 11.3. The van der Waals surface area contributed by atoms with Gasteiger partial charge in [0.1, 0.15) is 5.56 Å². The Morgan fingerprint density at radius 3 is 2.50 bits per heavy atom. The van der Waals surface area contributed by atoms with E-state index in [9.17, 15) is 18.0 Å². The van der Waals surface area contributed by atoms with Crippen molar-refractivity contribution in [2.24, 2.45) is 7.05 Å². The van der Waals surface area contributed by atoms with Crippen LogP contribution in [0.3, 0.4) is 0 Å². The molecule has 0 fully saturated rings. The van der Waals surface area contributed by atoms with Crippen molar-refractivity contribution < 1.29 is 22.7 Å². The van der Waals surface area contributed by atoms with E-state index in [-0.39, 0.29) is 12.3 Å². The molecule has 1 aromatic heterocycles. The molecule has 0 aliphatic rings. The molecule has 0 spiro atoms. The molecule has 0 N–H and O–H groups in total. The maximum Gasteiger partial charge on any atom is 0.420 e. The van der Waals surface area contributed by atoms with Crippen molar-refractivity contribution in [3.63, 3.8) is 0 Å². The summed E-state index contributed by atoms with van der Waals surface area (Å²) in [6.07, 6.45) is -4.61. The van der Waals surface area contributed by atoms with E-state index in [0.29, 0.717) is 0 Å². The molecule has 90 valence electrons. The molecule has 0 unspecified atom stereocenters. The number of nitrogens with zero attached hydrogens (tertiary/aromatic N) is 2. The number of rotatable bonds is 2. The minimum absolute atomic E-state index is 0.00571. The molecule has 0 atom stereocenters. The highest BCUT2D eigenvalue weighted by atomic mass is 19.4. The van der Waals surface area contributed by atoms with Crippen molar-refractivity contribution in [3.05, 3.63) is 17.0 Å². The summed E-state index contributed by atoms with van der Waals surface area (Å²) < 4.78 is 43.5. The predicted octanol–water partition coefficient (Wildman–Crippen LogP) is 1.92. The number of carbonyl (C=O) groups excluding carboxylic acids is 1. The number of aromatic nitrogens is 2. The van der Waals surface area contributed by atoms with Crippen LogP contribution in [0.15, 0.2) is 0 Å². The third-order valence-corrected chi connectivity index (χ3v) is 2.09. The molecule has 0 saturated heterocycles. The average Bonchev–Trinajstić information content (AvgIpc) is 2.43. The Hall–Kier alpha value is -1.53. The van der Waals surface area contributed by atoms with Gasteiger partial charge in [0.05, 0.1) is 6.61 Å². The molecular formula is C9H11F3N2O2. The molecule has 7 heteroatoms. The van der Waals surface area contributed by atoms with E-state index in [1.54, 1.807) is 0 Å². The Balaban J connectivity index is 3.29. The number of hydrogen-bond donors (Lipinski definition) is 0. The minimum atomic E-state index is -4.61. The second kappa shape index (κ2) is 4.15. The van der Waals surface area contributed by atoms with Crippen LogP contribution in [0.25, 0.3) is 0 Å². The van der Waals surface area contributed by atoms with Gasteiger partial charge in [-0.1, -0.05) is 0 Å². The fraction of sp³-hybridized carbons (Fsp3) is 0.556. The Morgan fingerprint density at radius 2 is 2.06 bits per heavy atom. The molecule has 1 heterocycles. The number of ether oxygens (including phenoxy) is 1. The van der Waals surface area contributed by atoms with E-state index in [0.717, 1.165) is 4.68 Å². The molecule has 16 heavy (non-hydrogen) atoms. The van der Waals surface area contributed by atoms with Gasteiger partial charge in [-0.05, 0) is 13.8 Å².